The molecule has 0 amide bonds. The number of rotatable bonds is 9. The van der Waals surface area contributed by atoms with Gasteiger partial charge in [0, 0.05) is 23.7 Å². The van der Waals surface area contributed by atoms with Gasteiger partial charge in [0.05, 0.1) is 6.54 Å². The van der Waals surface area contributed by atoms with E-state index in [9.17, 15) is 4.79 Å². The summed E-state index contributed by atoms with van der Waals surface area (Å²) >= 11 is 5.81. The Kier molecular flexibility index (Phi) is 8.50. The summed E-state index contributed by atoms with van der Waals surface area (Å²) in [6.45, 7) is 13.3. The van der Waals surface area contributed by atoms with E-state index in [0.29, 0.717) is 12.6 Å². The van der Waals surface area contributed by atoms with Crippen LogP contribution in [0.4, 0.5) is 0 Å². The summed E-state index contributed by atoms with van der Waals surface area (Å²) in [4.78, 5) is 20.6. The van der Waals surface area contributed by atoms with E-state index in [1.54, 1.807) is 0 Å². The fourth-order valence-corrected chi connectivity index (χ4v) is 4.86. The van der Waals surface area contributed by atoms with Gasteiger partial charge in [0.15, 0.2) is 5.11 Å². The molecule has 0 spiro atoms. The highest BCUT2D eigenvalue weighted by atomic mass is 32.1. The molecule has 1 aromatic heterocycles. The fourth-order valence-electron chi connectivity index (χ4n) is 4.55. The highest BCUT2D eigenvalue weighted by Crippen LogP contribution is 2.25. The van der Waals surface area contributed by atoms with Crippen LogP contribution in [0.3, 0.4) is 0 Å². The summed E-state index contributed by atoms with van der Waals surface area (Å²) in [7, 11) is 0. The number of nitrogens with one attached hydrogen (secondary N) is 2. The number of H-pyrrole nitrogens is 1. The number of fused-ring (bicyclic) bond motifs is 1. The van der Waals surface area contributed by atoms with Gasteiger partial charge < -0.3 is 20.1 Å². The van der Waals surface area contributed by atoms with Crippen LogP contribution in [0.15, 0.2) is 23.0 Å². The van der Waals surface area contributed by atoms with Gasteiger partial charge in [-0.1, -0.05) is 26.7 Å². The maximum Gasteiger partial charge on any atom is 0.253 e. The summed E-state index contributed by atoms with van der Waals surface area (Å²) < 4.78 is 0. The van der Waals surface area contributed by atoms with Crippen molar-refractivity contribution in [3.8, 4) is 0 Å². The molecule has 170 valence electrons. The van der Waals surface area contributed by atoms with Gasteiger partial charge in [0.1, 0.15) is 0 Å². The second kappa shape index (κ2) is 11.1. The number of thiocarbonyl (C=S) groups is 1. The average molecular weight is 443 g/mol. The summed E-state index contributed by atoms with van der Waals surface area (Å²) in [6.07, 6.45) is 5.82. The van der Waals surface area contributed by atoms with Crippen LogP contribution in [0.25, 0.3) is 10.9 Å². The Labute approximate surface area is 192 Å². The van der Waals surface area contributed by atoms with Gasteiger partial charge in [-0.25, -0.2) is 0 Å². The van der Waals surface area contributed by atoms with Crippen molar-refractivity contribution in [3.05, 3.63) is 45.2 Å². The molecule has 1 aromatic carbocycles. The van der Waals surface area contributed by atoms with Gasteiger partial charge in [-0.2, -0.15) is 0 Å². The number of aryl methyl sites for hydroxylation is 2. The van der Waals surface area contributed by atoms with Crippen molar-refractivity contribution in [1.29, 1.82) is 0 Å². The minimum absolute atomic E-state index is 0.0110. The molecule has 1 heterocycles. The summed E-state index contributed by atoms with van der Waals surface area (Å²) in [5.41, 5.74) is 4.11. The number of aromatic nitrogens is 1. The molecule has 2 N–H and O–H groups in total. The molecule has 2 aromatic rings. The van der Waals surface area contributed by atoms with Gasteiger partial charge in [0.2, 0.25) is 0 Å². The van der Waals surface area contributed by atoms with Gasteiger partial charge >= 0.3 is 0 Å². The molecule has 0 atom stereocenters. The highest BCUT2D eigenvalue weighted by Gasteiger charge is 2.25. The van der Waals surface area contributed by atoms with E-state index in [2.05, 4.69) is 59.9 Å². The van der Waals surface area contributed by atoms with Crippen molar-refractivity contribution >= 4 is 28.2 Å². The Hall–Kier alpha value is -1.92. The second-order valence-corrected chi connectivity index (χ2v) is 9.21. The minimum atomic E-state index is -0.0110. The highest BCUT2D eigenvalue weighted by molar-refractivity contribution is 7.80. The Bertz CT molecular complexity index is 944. The maximum absolute atomic E-state index is 12.9. The molecule has 1 fully saturated rings. The van der Waals surface area contributed by atoms with Crippen LogP contribution in [0.2, 0.25) is 0 Å². The van der Waals surface area contributed by atoms with E-state index in [-0.39, 0.29) is 5.56 Å². The number of hydrogen-bond acceptors (Lipinski definition) is 3. The normalized spacial score (nSPS) is 14.5. The fraction of sp³-hybridized carbons (Fsp3) is 0.600. The molecule has 0 bridgehead atoms. The van der Waals surface area contributed by atoms with Gasteiger partial charge in [0.25, 0.3) is 5.56 Å². The van der Waals surface area contributed by atoms with Crippen LogP contribution >= 0.6 is 12.2 Å². The molecule has 0 unspecified atom stereocenters. The molecule has 0 aliphatic heterocycles. The molecular formula is C25H38N4OS. The topological polar surface area (TPSA) is 51.4 Å². The van der Waals surface area contributed by atoms with Crippen molar-refractivity contribution in [2.45, 2.75) is 72.4 Å². The lowest BCUT2D eigenvalue weighted by Crippen LogP contribution is -2.46. The van der Waals surface area contributed by atoms with Crippen LogP contribution in [-0.4, -0.2) is 52.1 Å². The first-order valence-electron chi connectivity index (χ1n) is 11.8. The predicted octanol–water partition coefficient (Wildman–Crippen LogP) is 4.50. The van der Waals surface area contributed by atoms with E-state index in [4.69, 9.17) is 12.2 Å². The third-order valence-corrected chi connectivity index (χ3v) is 7.10. The molecule has 0 radical (unpaired) electrons. The van der Waals surface area contributed by atoms with Crippen LogP contribution in [-0.2, 0) is 6.54 Å². The smallest absolute Gasteiger partial charge is 0.253 e. The van der Waals surface area contributed by atoms with E-state index >= 15 is 0 Å². The van der Waals surface area contributed by atoms with Crippen molar-refractivity contribution in [2.24, 2.45) is 0 Å². The molecular weight excluding hydrogens is 404 g/mol. The van der Waals surface area contributed by atoms with Crippen molar-refractivity contribution in [3.63, 3.8) is 0 Å². The zero-order valence-corrected chi connectivity index (χ0v) is 20.4. The number of hydrogen-bond donors (Lipinski definition) is 2. The quantitative estimate of drug-likeness (QED) is 0.442. The van der Waals surface area contributed by atoms with Crippen LogP contribution in [0.5, 0.6) is 0 Å². The Morgan fingerprint density at radius 1 is 1.13 bits per heavy atom. The molecule has 5 nitrogen and oxygen atoms in total. The Balaban J connectivity index is 1.73. The summed E-state index contributed by atoms with van der Waals surface area (Å²) in [5, 5.41) is 5.34. The first-order chi connectivity index (χ1) is 14.9. The standard InChI is InChI=1S/C25H38N4OS/c1-5-28(6-2)13-9-12-26-25(31)29(22-10-7-8-11-22)17-21-16-20-14-18(3)19(4)15-23(20)27-24(21)30/h14-16,22H,5-13,17H2,1-4H3,(H,26,31)(H,27,30). The SMILES string of the molecule is CCN(CC)CCCNC(=S)N(Cc1cc2cc(C)c(C)cc2[nH]c1=O)C1CCCC1. The molecule has 1 aliphatic rings. The van der Waals surface area contributed by atoms with Crippen molar-refractivity contribution in [1.82, 2.24) is 20.1 Å². The lowest BCUT2D eigenvalue weighted by molar-refractivity contribution is 0.291. The van der Waals surface area contributed by atoms with Crippen molar-refractivity contribution < 1.29 is 0 Å². The maximum atomic E-state index is 12.9. The molecule has 1 saturated carbocycles. The minimum Gasteiger partial charge on any atom is -0.363 e. The molecule has 1 aliphatic carbocycles. The van der Waals surface area contributed by atoms with Gasteiger partial charge in [-0.3, -0.25) is 4.79 Å². The van der Waals surface area contributed by atoms with E-state index < -0.39 is 0 Å². The van der Waals surface area contributed by atoms with Crippen LogP contribution in [0.1, 0.15) is 62.6 Å². The Morgan fingerprint density at radius 2 is 1.81 bits per heavy atom. The van der Waals surface area contributed by atoms with Gasteiger partial charge in [-0.05, 0) is 99.7 Å². The van der Waals surface area contributed by atoms with E-state index in [1.807, 2.05) is 6.07 Å². The number of pyridine rings is 1. The first-order valence-corrected chi connectivity index (χ1v) is 12.2. The van der Waals surface area contributed by atoms with E-state index in [0.717, 1.165) is 67.0 Å². The largest absolute Gasteiger partial charge is 0.363 e. The number of nitrogens with zero attached hydrogens (tertiary/aromatic N) is 2. The zero-order chi connectivity index (χ0) is 22.4. The monoisotopic (exact) mass is 442 g/mol. The van der Waals surface area contributed by atoms with Crippen molar-refractivity contribution in [2.75, 3.05) is 26.2 Å². The molecule has 0 saturated heterocycles. The zero-order valence-electron chi connectivity index (χ0n) is 19.6. The lowest BCUT2D eigenvalue weighted by atomic mass is 10.0. The van der Waals surface area contributed by atoms with Gasteiger partial charge in [-0.15, -0.1) is 0 Å². The summed E-state index contributed by atoms with van der Waals surface area (Å²) in [5.74, 6) is 0. The van der Waals surface area contributed by atoms with Crippen LogP contribution in [0, 0.1) is 13.8 Å². The molecule has 3 rings (SSSR count). The molecule has 6 heteroatoms. The average Bonchev–Trinajstić information content (AvgIpc) is 3.28. The first kappa shape index (κ1) is 23.7. The molecule has 31 heavy (non-hydrogen) atoms. The Morgan fingerprint density at radius 3 is 2.48 bits per heavy atom. The van der Waals surface area contributed by atoms with Crippen LogP contribution < -0.4 is 10.9 Å². The summed E-state index contributed by atoms with van der Waals surface area (Å²) in [6, 6.07) is 6.68. The van der Waals surface area contributed by atoms with E-state index in [1.165, 1.54) is 24.0 Å². The second-order valence-electron chi connectivity index (χ2n) is 8.83. The lowest BCUT2D eigenvalue weighted by Gasteiger charge is -2.32. The third kappa shape index (κ3) is 6.07. The predicted molar refractivity (Wildman–Crippen MR) is 135 cm³/mol. The third-order valence-electron chi connectivity index (χ3n) is 6.72. The number of benzene rings is 1. The number of aromatic amines is 1.